The number of aliphatic hydroxyl groups is 2. The number of benzene rings is 2. The summed E-state index contributed by atoms with van der Waals surface area (Å²) in [6.45, 7) is 0.825. The number of allylic oxidation sites excluding steroid dienone is 1. The van der Waals surface area contributed by atoms with Gasteiger partial charge in [-0.1, -0.05) is 158 Å². The lowest BCUT2D eigenvalue weighted by molar-refractivity contribution is -0.143. The van der Waals surface area contributed by atoms with Crippen LogP contribution in [0.4, 0.5) is 0 Å². The second-order valence-electron chi connectivity index (χ2n) is 35.2. The molecule has 7 rings (SSSR count). The molecule has 138 heavy (non-hydrogen) atoms. The number of aliphatic hydroxyl groups excluding tert-OH is 2. The summed E-state index contributed by atoms with van der Waals surface area (Å²) in [7, 11) is 0. The van der Waals surface area contributed by atoms with Gasteiger partial charge in [0.05, 0.1) is 45.1 Å². The first kappa shape index (κ1) is 112. The second kappa shape index (κ2) is 63.0. The first-order valence-corrected chi connectivity index (χ1v) is 48.5. The summed E-state index contributed by atoms with van der Waals surface area (Å²) in [4.78, 5) is 234. The number of hydrogen-bond acceptors (Lipinski definition) is 26. The molecule has 0 aliphatic carbocycles. The molecule has 3 aliphatic heterocycles. The van der Waals surface area contributed by atoms with Crippen LogP contribution in [0.3, 0.4) is 0 Å². The number of nitrogens with one attached hydrogen (secondary N) is 16. The summed E-state index contributed by atoms with van der Waals surface area (Å²) in [5, 5.41) is 78.4. The molecule has 14 amide bonds. The minimum atomic E-state index is -1.75. The summed E-state index contributed by atoms with van der Waals surface area (Å²) < 4.78 is 10.9. The van der Waals surface area contributed by atoms with Crippen LogP contribution in [0.15, 0.2) is 77.6 Å². The fourth-order valence-corrected chi connectivity index (χ4v) is 16.3. The van der Waals surface area contributed by atoms with E-state index >= 15 is 19.2 Å². The number of tetrazole rings is 1. The fraction of sp³-hybridized carbons (Fsp3) is 0.628. The number of fused-ring (bicyclic) bond motifs is 2. The molecule has 5 heterocycles. The number of ether oxygens (including phenoxy) is 2. The Balaban J connectivity index is 0.958. The predicted octanol–water partition coefficient (Wildman–Crippen LogP) is -0.0433. The number of carbonyl (C=O) groups is 16. The molecule has 2 aromatic carbocycles. The molecule has 44 nitrogen and oxygen atoms in total. The van der Waals surface area contributed by atoms with Gasteiger partial charge in [0.1, 0.15) is 78.6 Å². The Hall–Kier alpha value is -12.6. The molecule has 12 atom stereocenters. The number of para-hydroxylation sites is 1. The van der Waals surface area contributed by atoms with Crippen LogP contribution in [0.25, 0.3) is 10.9 Å². The molecule has 0 radical (unpaired) electrons. The number of primary amides is 1. The van der Waals surface area contributed by atoms with Crippen LogP contribution < -0.4 is 86.3 Å². The van der Waals surface area contributed by atoms with Crippen molar-refractivity contribution >= 4 is 117 Å². The molecule has 2 fully saturated rings. The van der Waals surface area contributed by atoms with Crippen LogP contribution in [0.5, 0.6) is 0 Å². The number of ketones is 2. The number of aromatic amines is 2. The van der Waals surface area contributed by atoms with Gasteiger partial charge in [0.2, 0.25) is 82.7 Å². The Morgan fingerprint density at radius 2 is 1.22 bits per heavy atom. The number of nitrogens with zero attached hydrogens (tertiary/aromatic N) is 5. The monoisotopic (exact) mass is 1930 g/mol. The van der Waals surface area contributed by atoms with Gasteiger partial charge < -0.3 is 116 Å². The van der Waals surface area contributed by atoms with Crippen molar-refractivity contribution in [3.05, 3.63) is 89.5 Å². The zero-order chi connectivity index (χ0) is 99.9. The predicted molar refractivity (Wildman–Crippen MR) is 509 cm³/mol. The molecule has 44 heteroatoms. The number of unbranched alkanes of at least 4 members (excludes halogenated alkanes) is 13. The lowest BCUT2D eigenvalue weighted by Crippen LogP contribution is -2.61. The van der Waals surface area contributed by atoms with Crippen molar-refractivity contribution in [2.45, 2.75) is 311 Å². The lowest BCUT2D eigenvalue weighted by Gasteiger charge is -2.31. The van der Waals surface area contributed by atoms with Crippen molar-refractivity contribution in [2.24, 2.45) is 22.2 Å². The SMILES string of the molecule is CCCC[C@H](NC(=O)[C@H](CCN)NC(=O)[C@H](CC1=CCC=N1)NC(=O)[C@H](CCC(N)=O)NC(=O)[C@H](CO)NC(=O)CNC(=O)COCCOCCNC(=O)CCCCCCCCCCCCCCCc1nnn[nH]1)C(=O)N[C@H]1CCC(=O)CCCCC[C@@H](C(C)=O)NC(=O)[C@H](Cc2c[nH]c3ccccc23)NC(=O)[C@H](CCCNC(=N)N)NC(=O)[C@@H](Cc2ccccc2)NC(=O)[C@@H]2C[C@@H](O)CN2C1=O. The van der Waals surface area contributed by atoms with Crippen molar-refractivity contribution in [2.75, 3.05) is 65.8 Å². The number of aryl methyl sites for hydroxylation is 1. The quantitative estimate of drug-likeness (QED) is 0.0157. The summed E-state index contributed by atoms with van der Waals surface area (Å²) in [5.74, 6) is -12.4. The summed E-state index contributed by atoms with van der Waals surface area (Å²) in [5.41, 5.74) is 19.4. The van der Waals surface area contributed by atoms with E-state index in [4.69, 9.17) is 32.1 Å². The van der Waals surface area contributed by atoms with Crippen molar-refractivity contribution in [1.82, 2.24) is 99.6 Å². The number of hydrogen-bond donors (Lipinski definition) is 21. The highest BCUT2D eigenvalue weighted by Gasteiger charge is 2.44. The minimum Gasteiger partial charge on any atom is -0.394 e. The number of aliphatic imine (C=N–C) groups is 1. The molecule has 4 aromatic rings. The van der Waals surface area contributed by atoms with E-state index in [1.54, 1.807) is 49.5 Å². The van der Waals surface area contributed by atoms with E-state index in [-0.39, 0.29) is 147 Å². The molecule has 0 spiro atoms. The van der Waals surface area contributed by atoms with E-state index in [2.05, 4.69) is 99.7 Å². The third kappa shape index (κ3) is 42.2. The molecule has 2 saturated heterocycles. The molecular weight excluding hydrogens is 1790 g/mol. The van der Waals surface area contributed by atoms with E-state index in [1.807, 2.05) is 24.3 Å². The molecule has 0 saturated carbocycles. The van der Waals surface area contributed by atoms with E-state index in [9.17, 15) is 67.7 Å². The van der Waals surface area contributed by atoms with Gasteiger partial charge in [-0.3, -0.25) is 87.1 Å². The fourth-order valence-electron chi connectivity index (χ4n) is 16.3. The van der Waals surface area contributed by atoms with Crippen LogP contribution >= 0.6 is 0 Å². The highest BCUT2D eigenvalue weighted by Crippen LogP contribution is 2.25. The van der Waals surface area contributed by atoms with E-state index in [0.29, 0.717) is 48.9 Å². The zero-order valence-electron chi connectivity index (χ0n) is 79.4. The summed E-state index contributed by atoms with van der Waals surface area (Å²) in [6, 6.07) is -0.815. The van der Waals surface area contributed by atoms with Crippen LogP contribution in [0.1, 0.15) is 236 Å². The maximum Gasteiger partial charge on any atom is 0.246 e. The topological polar surface area (TPSA) is 676 Å². The largest absolute Gasteiger partial charge is 0.394 e. The van der Waals surface area contributed by atoms with Crippen LogP contribution in [-0.4, -0.2) is 285 Å². The number of nitrogens with two attached hydrogens (primary N) is 3. The van der Waals surface area contributed by atoms with Gasteiger partial charge in [-0.2, -0.15) is 0 Å². The molecule has 2 aromatic heterocycles. The smallest absolute Gasteiger partial charge is 0.246 e. The van der Waals surface area contributed by atoms with E-state index in [1.165, 1.54) is 64.5 Å². The maximum atomic E-state index is 15.4. The second-order valence-corrected chi connectivity index (χ2v) is 35.2. The molecule has 760 valence electrons. The first-order chi connectivity index (χ1) is 66.5. The van der Waals surface area contributed by atoms with Crippen molar-refractivity contribution in [3.8, 4) is 0 Å². The van der Waals surface area contributed by atoms with Gasteiger partial charge in [-0.15, -0.1) is 5.10 Å². The zero-order valence-corrected chi connectivity index (χ0v) is 79.4. The Morgan fingerprint density at radius 1 is 0.601 bits per heavy atom. The van der Waals surface area contributed by atoms with Crippen LogP contribution in [-0.2, 0) is 105 Å². The number of Topliss-reactive ketones (excluding diaryl/α,β-unsaturated/α-hetero) is 2. The molecule has 0 unspecified atom stereocenters. The first-order valence-electron chi connectivity index (χ1n) is 48.5. The Morgan fingerprint density at radius 3 is 1.88 bits per heavy atom. The third-order valence-electron chi connectivity index (χ3n) is 24.0. The highest BCUT2D eigenvalue weighted by molar-refractivity contribution is 6.01. The molecule has 3 aliphatic rings. The summed E-state index contributed by atoms with van der Waals surface area (Å²) in [6.07, 6.45) is 18.9. The van der Waals surface area contributed by atoms with Gasteiger partial charge >= 0.3 is 0 Å². The Labute approximate surface area is 803 Å². The molecule has 24 N–H and O–H groups in total. The van der Waals surface area contributed by atoms with Crippen molar-refractivity contribution in [3.63, 3.8) is 0 Å². The molecular formula is C94H144N24O20. The number of aromatic nitrogens is 5. The standard InChI is InChI=1S/C94H144N24O20/c1-3-4-33-69(84(127)110-73-40-39-64(121)31-20-17-21-34-67(60(2)120)105-89(132)75(52-62-55-102-68-35-25-24-32-66(62)68)111-85(128)70(36-27-46-101-94(97)98)107-88(131)74(51-61-28-18-16-19-29-61)113-92(135)78-54-65(122)57-118(78)93(73)136)106-87(130)72(43-44-95)109-90(133)76(53-63-30-26-45-99-63)112-86(129)71(41-42-79(96)123)108-91(134)77(58-119)104-82(125)56-103-83(126)59-138-50-49-137-48-47-100-81(124)38-23-15-13-11-9-7-5-6-8-10-12-14-22-37-80-114-116-117-115-80/h16,18-19,24-25,28-30,32,35,45,55,65,67,69-78,102,119,122H,3-15,17,20-23,26-27,31,33-34,36-44,46-54,56-59,95H2,1-2H3,(H2,96,123)(H,100,124)(H,103,126)(H,104,125)(H,105,132)(H,106,130)(H,107,131)(H,108,134)(H,109,133)(H,110,127)(H,111,128)(H,112,129)(H,113,135)(H4,97,98,101)(H,114,115,116,117)/t65-,67+,69+,70+,71+,72+,73+,74-,75+,76+,77+,78+/m1/s1. The average Bonchev–Trinajstić information content (AvgIpc) is 1.66. The Bertz CT molecular complexity index is 4650. The summed E-state index contributed by atoms with van der Waals surface area (Å²) >= 11 is 0. The van der Waals surface area contributed by atoms with Crippen molar-refractivity contribution < 1.29 is 96.4 Å². The van der Waals surface area contributed by atoms with Gasteiger partial charge in [0.15, 0.2) is 11.7 Å². The number of rotatable bonds is 57. The number of carbonyl (C=O) groups excluding carboxylic acids is 16. The number of amides is 14. The molecule has 0 bridgehead atoms. The Kier molecular flexibility index (Phi) is 51.4. The van der Waals surface area contributed by atoms with Gasteiger partial charge in [0, 0.05) is 113 Å². The van der Waals surface area contributed by atoms with E-state index < -0.39 is 194 Å². The van der Waals surface area contributed by atoms with Crippen LogP contribution in [0.2, 0.25) is 0 Å². The van der Waals surface area contributed by atoms with E-state index in [0.717, 1.165) is 60.2 Å². The van der Waals surface area contributed by atoms with Gasteiger partial charge in [0.25, 0.3) is 0 Å². The van der Waals surface area contributed by atoms with Gasteiger partial charge in [-0.25, -0.2) is 5.10 Å². The number of guanidine groups is 1. The average molecular weight is 1930 g/mol. The lowest BCUT2D eigenvalue weighted by atomic mass is 9.99. The normalized spacial score (nSPS) is 19.2. The van der Waals surface area contributed by atoms with Crippen LogP contribution in [0, 0.1) is 5.41 Å². The minimum absolute atomic E-state index is 0.00534. The highest BCUT2D eigenvalue weighted by atomic mass is 16.5. The maximum absolute atomic E-state index is 15.4. The van der Waals surface area contributed by atoms with Crippen molar-refractivity contribution in [1.29, 1.82) is 5.41 Å². The van der Waals surface area contributed by atoms with Gasteiger partial charge in [-0.05, 0) is 105 Å². The number of H-pyrrole nitrogens is 2. The third-order valence-corrected chi connectivity index (χ3v) is 24.0.